The number of halogens is 1. The minimum absolute atomic E-state index is 0. The fourth-order valence-electron chi connectivity index (χ4n) is 1.75. The number of hydrogen-bond donors (Lipinski definition) is 1. The first-order valence-electron chi connectivity index (χ1n) is 5.73. The van der Waals surface area contributed by atoms with Crippen molar-refractivity contribution in [2.75, 3.05) is 0 Å². The standard InChI is InChI=1S/C15H17NO.ClH/c1-15(2,3)12-8-6-11(7-9-12)14-13(17)5-4-10-16-14;/h4-10,17H,1-3H3;1H. The van der Waals surface area contributed by atoms with E-state index < -0.39 is 0 Å². The highest BCUT2D eigenvalue weighted by molar-refractivity contribution is 5.85. The number of aromatic nitrogens is 1. The van der Waals surface area contributed by atoms with Crippen molar-refractivity contribution in [3.8, 4) is 17.0 Å². The second kappa shape index (κ2) is 5.40. The molecule has 0 amide bonds. The van der Waals surface area contributed by atoms with Crippen LogP contribution in [0.3, 0.4) is 0 Å². The van der Waals surface area contributed by atoms with Crippen LogP contribution in [-0.4, -0.2) is 10.1 Å². The lowest BCUT2D eigenvalue weighted by atomic mass is 9.86. The molecule has 0 aliphatic rings. The second-order valence-corrected chi connectivity index (χ2v) is 5.20. The van der Waals surface area contributed by atoms with E-state index in [2.05, 4.69) is 37.9 Å². The monoisotopic (exact) mass is 263 g/mol. The third kappa shape index (κ3) is 3.02. The molecule has 96 valence electrons. The summed E-state index contributed by atoms with van der Waals surface area (Å²) in [6.07, 6.45) is 1.69. The lowest BCUT2D eigenvalue weighted by Crippen LogP contribution is -2.10. The molecule has 2 nitrogen and oxygen atoms in total. The lowest BCUT2D eigenvalue weighted by Gasteiger charge is -2.19. The highest BCUT2D eigenvalue weighted by Crippen LogP contribution is 2.29. The molecule has 0 atom stereocenters. The predicted molar refractivity (Wildman–Crippen MR) is 77.3 cm³/mol. The Kier molecular flexibility index (Phi) is 4.36. The van der Waals surface area contributed by atoms with E-state index in [4.69, 9.17) is 0 Å². The van der Waals surface area contributed by atoms with E-state index >= 15 is 0 Å². The van der Waals surface area contributed by atoms with Crippen molar-refractivity contribution in [3.05, 3.63) is 48.2 Å². The van der Waals surface area contributed by atoms with Gasteiger partial charge in [-0.1, -0.05) is 45.0 Å². The SMILES string of the molecule is CC(C)(C)c1ccc(-c2ncccc2O)cc1.Cl. The number of benzene rings is 1. The summed E-state index contributed by atoms with van der Waals surface area (Å²) in [5.74, 6) is 0.219. The maximum absolute atomic E-state index is 9.73. The van der Waals surface area contributed by atoms with E-state index in [1.807, 2.05) is 12.1 Å². The van der Waals surface area contributed by atoms with Gasteiger partial charge >= 0.3 is 0 Å². The zero-order valence-electron chi connectivity index (χ0n) is 10.8. The van der Waals surface area contributed by atoms with Gasteiger partial charge in [0.1, 0.15) is 11.4 Å². The third-order valence-corrected chi connectivity index (χ3v) is 2.81. The van der Waals surface area contributed by atoms with Crippen LogP contribution in [0.25, 0.3) is 11.3 Å². The minimum Gasteiger partial charge on any atom is -0.506 e. The average Bonchev–Trinajstić information content (AvgIpc) is 2.29. The maximum atomic E-state index is 9.73. The first-order valence-corrected chi connectivity index (χ1v) is 5.73. The summed E-state index contributed by atoms with van der Waals surface area (Å²) < 4.78 is 0. The first-order chi connectivity index (χ1) is 7.98. The first kappa shape index (κ1) is 14.5. The average molecular weight is 264 g/mol. The Bertz CT molecular complexity index is 515. The van der Waals surface area contributed by atoms with Crippen LogP contribution in [-0.2, 0) is 5.41 Å². The molecule has 0 saturated heterocycles. The molecule has 0 unspecified atom stereocenters. The highest BCUT2D eigenvalue weighted by atomic mass is 35.5. The zero-order valence-corrected chi connectivity index (χ0v) is 11.7. The summed E-state index contributed by atoms with van der Waals surface area (Å²) in [6.45, 7) is 6.54. The molecule has 0 aliphatic carbocycles. The van der Waals surface area contributed by atoms with Gasteiger partial charge in [0.25, 0.3) is 0 Å². The molecule has 18 heavy (non-hydrogen) atoms. The molecular formula is C15H18ClNO. The summed E-state index contributed by atoms with van der Waals surface area (Å²) >= 11 is 0. The fourth-order valence-corrected chi connectivity index (χ4v) is 1.75. The largest absolute Gasteiger partial charge is 0.506 e. The van der Waals surface area contributed by atoms with Crippen LogP contribution in [0.5, 0.6) is 5.75 Å². The van der Waals surface area contributed by atoms with Crippen molar-refractivity contribution >= 4 is 12.4 Å². The van der Waals surface area contributed by atoms with Gasteiger partial charge in [-0.15, -0.1) is 12.4 Å². The number of aromatic hydroxyl groups is 1. The van der Waals surface area contributed by atoms with Crippen LogP contribution >= 0.6 is 12.4 Å². The Morgan fingerprint density at radius 1 is 1.00 bits per heavy atom. The number of rotatable bonds is 1. The van der Waals surface area contributed by atoms with Gasteiger partial charge in [0, 0.05) is 11.8 Å². The molecule has 0 saturated carbocycles. The molecule has 0 spiro atoms. The summed E-state index contributed by atoms with van der Waals surface area (Å²) in [4.78, 5) is 4.19. The van der Waals surface area contributed by atoms with Gasteiger partial charge in [-0.3, -0.25) is 4.98 Å². The van der Waals surface area contributed by atoms with Gasteiger partial charge in [0.05, 0.1) is 0 Å². The van der Waals surface area contributed by atoms with Gasteiger partial charge in [0.2, 0.25) is 0 Å². The molecule has 1 aromatic heterocycles. The van der Waals surface area contributed by atoms with E-state index in [0.717, 1.165) is 5.56 Å². The van der Waals surface area contributed by atoms with Crippen molar-refractivity contribution in [1.82, 2.24) is 4.98 Å². The maximum Gasteiger partial charge on any atom is 0.141 e. The van der Waals surface area contributed by atoms with Crippen molar-refractivity contribution in [3.63, 3.8) is 0 Å². The van der Waals surface area contributed by atoms with E-state index in [-0.39, 0.29) is 23.6 Å². The minimum atomic E-state index is 0. The Balaban J connectivity index is 0.00000162. The Hall–Kier alpha value is -1.54. The molecule has 3 heteroatoms. The van der Waals surface area contributed by atoms with Gasteiger partial charge in [-0.05, 0) is 23.1 Å². The van der Waals surface area contributed by atoms with Crippen LogP contribution in [0.15, 0.2) is 42.6 Å². The normalized spacial score (nSPS) is 10.8. The third-order valence-electron chi connectivity index (χ3n) is 2.81. The second-order valence-electron chi connectivity index (χ2n) is 5.20. The molecule has 1 N–H and O–H groups in total. The van der Waals surface area contributed by atoms with Crippen molar-refractivity contribution in [1.29, 1.82) is 0 Å². The Morgan fingerprint density at radius 2 is 1.61 bits per heavy atom. The molecule has 0 radical (unpaired) electrons. The van der Waals surface area contributed by atoms with E-state index in [9.17, 15) is 5.11 Å². The van der Waals surface area contributed by atoms with Gasteiger partial charge in [-0.25, -0.2) is 0 Å². The van der Waals surface area contributed by atoms with Crippen molar-refractivity contribution < 1.29 is 5.11 Å². The van der Waals surface area contributed by atoms with Crippen LogP contribution in [0.1, 0.15) is 26.3 Å². The summed E-state index contributed by atoms with van der Waals surface area (Å²) in [7, 11) is 0. The number of nitrogens with zero attached hydrogens (tertiary/aromatic N) is 1. The van der Waals surface area contributed by atoms with Crippen molar-refractivity contribution in [2.45, 2.75) is 26.2 Å². The Labute approximate surface area is 114 Å². The van der Waals surface area contributed by atoms with E-state index in [1.165, 1.54) is 5.56 Å². The fraction of sp³-hybridized carbons (Fsp3) is 0.267. The molecule has 2 aromatic rings. The summed E-state index contributed by atoms with van der Waals surface area (Å²) in [6, 6.07) is 11.6. The smallest absolute Gasteiger partial charge is 0.141 e. The van der Waals surface area contributed by atoms with Crippen LogP contribution in [0, 0.1) is 0 Å². The molecule has 0 aliphatic heterocycles. The van der Waals surface area contributed by atoms with Gasteiger partial charge < -0.3 is 5.11 Å². The van der Waals surface area contributed by atoms with E-state index in [1.54, 1.807) is 18.3 Å². The molecule has 2 rings (SSSR count). The quantitative estimate of drug-likeness (QED) is 0.838. The van der Waals surface area contributed by atoms with Crippen LogP contribution < -0.4 is 0 Å². The Morgan fingerprint density at radius 3 is 2.11 bits per heavy atom. The molecule has 0 bridgehead atoms. The number of pyridine rings is 1. The molecule has 1 aromatic carbocycles. The topological polar surface area (TPSA) is 33.1 Å². The number of hydrogen-bond acceptors (Lipinski definition) is 2. The summed E-state index contributed by atoms with van der Waals surface area (Å²) in [5.41, 5.74) is 2.99. The summed E-state index contributed by atoms with van der Waals surface area (Å²) in [5, 5.41) is 9.73. The van der Waals surface area contributed by atoms with Gasteiger partial charge in [-0.2, -0.15) is 0 Å². The molecule has 1 heterocycles. The van der Waals surface area contributed by atoms with E-state index in [0.29, 0.717) is 5.69 Å². The van der Waals surface area contributed by atoms with Crippen LogP contribution in [0.2, 0.25) is 0 Å². The lowest BCUT2D eigenvalue weighted by molar-refractivity contribution is 0.475. The highest BCUT2D eigenvalue weighted by Gasteiger charge is 2.13. The molecular weight excluding hydrogens is 246 g/mol. The van der Waals surface area contributed by atoms with Crippen LogP contribution in [0.4, 0.5) is 0 Å². The van der Waals surface area contributed by atoms with Gasteiger partial charge in [0.15, 0.2) is 0 Å². The van der Waals surface area contributed by atoms with Crippen molar-refractivity contribution in [2.24, 2.45) is 0 Å². The molecule has 0 fully saturated rings. The zero-order chi connectivity index (χ0) is 12.5. The predicted octanol–water partition coefficient (Wildman–Crippen LogP) is 4.17.